The van der Waals surface area contributed by atoms with E-state index in [2.05, 4.69) is 10.3 Å². The van der Waals surface area contributed by atoms with Gasteiger partial charge in [0, 0.05) is 22.5 Å². The van der Waals surface area contributed by atoms with Crippen LogP contribution in [0.5, 0.6) is 5.88 Å². The first-order chi connectivity index (χ1) is 13.2. The highest BCUT2D eigenvalue weighted by molar-refractivity contribution is 5.91. The molecule has 2 aromatic carbocycles. The fourth-order valence-corrected chi connectivity index (χ4v) is 3.35. The van der Waals surface area contributed by atoms with Crippen molar-refractivity contribution in [1.29, 1.82) is 0 Å². The summed E-state index contributed by atoms with van der Waals surface area (Å²) in [5.74, 6) is -0.271. The number of aromatic hydroxyl groups is 1. The molecule has 0 saturated carbocycles. The first kappa shape index (κ1) is 18.2. The molecule has 28 heavy (non-hydrogen) atoms. The summed E-state index contributed by atoms with van der Waals surface area (Å²) in [6, 6.07) is 11.6. The Morgan fingerprint density at radius 3 is 2.50 bits per heavy atom. The second kappa shape index (κ2) is 6.44. The third kappa shape index (κ3) is 3.24. The van der Waals surface area contributed by atoms with Crippen molar-refractivity contribution in [3.63, 3.8) is 0 Å². The van der Waals surface area contributed by atoms with Crippen LogP contribution in [-0.2, 0) is 6.54 Å². The van der Waals surface area contributed by atoms with Gasteiger partial charge in [0.2, 0.25) is 0 Å². The van der Waals surface area contributed by atoms with Crippen molar-refractivity contribution in [3.05, 3.63) is 60.2 Å². The number of halogens is 2. The molecule has 0 unspecified atom stereocenters. The second-order valence-corrected chi connectivity index (χ2v) is 7.51. The number of benzene rings is 2. The molecule has 0 fully saturated rings. The largest absolute Gasteiger partial charge is 0.494 e. The maximum atomic E-state index is 14.0. The van der Waals surface area contributed by atoms with Gasteiger partial charge in [-0.2, -0.15) is 0 Å². The third-order valence-corrected chi connectivity index (χ3v) is 4.64. The van der Waals surface area contributed by atoms with Gasteiger partial charge in [-0.25, -0.2) is 13.5 Å². The summed E-state index contributed by atoms with van der Waals surface area (Å²) in [6.07, 6.45) is 1.73. The SMILES string of the molecule is Cc1c(-c2ccc3c(O)n(CC(C)(C)F)cc3c2)nnn1-c1ccc(F)cc1. The summed E-state index contributed by atoms with van der Waals surface area (Å²) >= 11 is 0. The van der Waals surface area contributed by atoms with Gasteiger partial charge in [0.15, 0.2) is 5.88 Å². The highest BCUT2D eigenvalue weighted by Gasteiger charge is 2.20. The van der Waals surface area contributed by atoms with Gasteiger partial charge in [0.25, 0.3) is 0 Å². The molecule has 2 aromatic heterocycles. The molecular formula is C21H20F2N4O. The van der Waals surface area contributed by atoms with Crippen LogP contribution in [0.25, 0.3) is 27.7 Å². The maximum Gasteiger partial charge on any atom is 0.199 e. The number of rotatable bonds is 4. The third-order valence-electron chi connectivity index (χ3n) is 4.64. The minimum Gasteiger partial charge on any atom is -0.494 e. The number of hydrogen-bond donors (Lipinski definition) is 1. The van der Waals surface area contributed by atoms with Gasteiger partial charge in [0.05, 0.1) is 17.9 Å². The van der Waals surface area contributed by atoms with Crippen LogP contribution in [0.4, 0.5) is 8.78 Å². The molecule has 144 valence electrons. The van der Waals surface area contributed by atoms with Crippen LogP contribution < -0.4 is 0 Å². The minimum atomic E-state index is -1.44. The van der Waals surface area contributed by atoms with Crippen molar-refractivity contribution >= 4 is 10.8 Å². The van der Waals surface area contributed by atoms with Gasteiger partial charge in [0.1, 0.15) is 17.2 Å². The zero-order valence-corrected chi connectivity index (χ0v) is 15.8. The quantitative estimate of drug-likeness (QED) is 0.552. The van der Waals surface area contributed by atoms with E-state index in [1.54, 1.807) is 29.1 Å². The van der Waals surface area contributed by atoms with Gasteiger partial charge < -0.3 is 9.67 Å². The standard InChI is InChI=1S/C21H20F2N4O/c1-13-19(24-25-27(13)17-7-5-16(22)6-8-17)14-4-9-18-15(10-14)11-26(20(18)28)12-21(2,3)23/h4-11,28H,12H2,1-3H3. The Labute approximate surface area is 160 Å². The molecule has 0 aliphatic rings. The molecule has 4 aromatic rings. The molecule has 0 saturated heterocycles. The van der Waals surface area contributed by atoms with Crippen LogP contribution in [0.2, 0.25) is 0 Å². The van der Waals surface area contributed by atoms with Crippen molar-refractivity contribution < 1.29 is 13.9 Å². The zero-order valence-electron chi connectivity index (χ0n) is 15.8. The van der Waals surface area contributed by atoms with Crippen LogP contribution in [0.1, 0.15) is 19.5 Å². The summed E-state index contributed by atoms with van der Waals surface area (Å²) in [7, 11) is 0. The molecule has 0 aliphatic heterocycles. The van der Waals surface area contributed by atoms with Crippen LogP contribution in [0.15, 0.2) is 48.7 Å². The van der Waals surface area contributed by atoms with E-state index >= 15 is 0 Å². The summed E-state index contributed by atoms with van der Waals surface area (Å²) in [5.41, 5.74) is 1.59. The highest BCUT2D eigenvalue weighted by atomic mass is 19.1. The number of alkyl halides is 1. The Morgan fingerprint density at radius 1 is 1.11 bits per heavy atom. The van der Waals surface area contributed by atoms with Crippen LogP contribution in [-0.4, -0.2) is 30.3 Å². The highest BCUT2D eigenvalue weighted by Crippen LogP contribution is 2.33. The van der Waals surface area contributed by atoms with E-state index in [1.807, 2.05) is 19.1 Å². The summed E-state index contributed by atoms with van der Waals surface area (Å²) in [6.45, 7) is 4.89. The normalized spacial score (nSPS) is 12.0. The Kier molecular flexibility index (Phi) is 4.18. The van der Waals surface area contributed by atoms with Crippen molar-refractivity contribution in [2.75, 3.05) is 0 Å². The molecule has 0 aliphatic carbocycles. The van der Waals surface area contributed by atoms with Gasteiger partial charge in [-0.15, -0.1) is 5.10 Å². The lowest BCUT2D eigenvalue weighted by atomic mass is 10.1. The molecule has 2 heterocycles. The van der Waals surface area contributed by atoms with E-state index in [0.717, 1.165) is 16.6 Å². The zero-order chi connectivity index (χ0) is 20.1. The van der Waals surface area contributed by atoms with Crippen LogP contribution >= 0.6 is 0 Å². The summed E-state index contributed by atoms with van der Waals surface area (Å²) in [5, 5.41) is 20.3. The monoisotopic (exact) mass is 382 g/mol. The molecule has 4 rings (SSSR count). The lowest BCUT2D eigenvalue weighted by Crippen LogP contribution is -2.19. The molecule has 0 atom stereocenters. The number of fused-ring (bicyclic) bond motifs is 1. The molecule has 7 heteroatoms. The second-order valence-electron chi connectivity index (χ2n) is 7.51. The van der Waals surface area contributed by atoms with Crippen LogP contribution in [0.3, 0.4) is 0 Å². The lowest BCUT2D eigenvalue weighted by molar-refractivity contribution is 0.180. The topological polar surface area (TPSA) is 55.9 Å². The fourth-order valence-electron chi connectivity index (χ4n) is 3.35. The molecule has 5 nitrogen and oxygen atoms in total. The van der Waals surface area contributed by atoms with Crippen LogP contribution in [0, 0.1) is 12.7 Å². The molecule has 0 spiro atoms. The Hall–Kier alpha value is -3.22. The summed E-state index contributed by atoms with van der Waals surface area (Å²) in [4.78, 5) is 0. The number of hydrogen-bond acceptors (Lipinski definition) is 3. The molecule has 0 bridgehead atoms. The summed E-state index contributed by atoms with van der Waals surface area (Å²) < 4.78 is 30.3. The van der Waals surface area contributed by atoms with Gasteiger partial charge in [-0.1, -0.05) is 11.3 Å². The Balaban J connectivity index is 1.75. The van der Waals surface area contributed by atoms with E-state index < -0.39 is 5.67 Å². The fraction of sp³-hybridized carbons (Fsp3) is 0.238. The van der Waals surface area contributed by atoms with Gasteiger partial charge in [-0.05, 0) is 57.2 Å². The van der Waals surface area contributed by atoms with Crippen molar-refractivity contribution in [1.82, 2.24) is 19.6 Å². The van der Waals surface area contributed by atoms with Crippen molar-refractivity contribution in [3.8, 4) is 22.8 Å². The average Bonchev–Trinajstić information content (AvgIpc) is 3.15. The van der Waals surface area contributed by atoms with Crippen molar-refractivity contribution in [2.45, 2.75) is 33.0 Å². The Bertz CT molecular complexity index is 1150. The van der Waals surface area contributed by atoms with E-state index in [-0.39, 0.29) is 18.2 Å². The first-order valence-electron chi connectivity index (χ1n) is 8.92. The van der Waals surface area contributed by atoms with E-state index in [0.29, 0.717) is 16.8 Å². The maximum absolute atomic E-state index is 14.0. The smallest absolute Gasteiger partial charge is 0.199 e. The van der Waals surface area contributed by atoms with Crippen molar-refractivity contribution in [2.24, 2.45) is 0 Å². The Morgan fingerprint density at radius 2 is 1.82 bits per heavy atom. The first-order valence-corrected chi connectivity index (χ1v) is 8.92. The van der Waals surface area contributed by atoms with Gasteiger partial charge >= 0.3 is 0 Å². The van der Waals surface area contributed by atoms with E-state index in [9.17, 15) is 13.9 Å². The molecule has 0 amide bonds. The number of aromatic nitrogens is 4. The predicted molar refractivity (Wildman–Crippen MR) is 104 cm³/mol. The molecule has 0 radical (unpaired) electrons. The molecular weight excluding hydrogens is 362 g/mol. The average molecular weight is 382 g/mol. The lowest BCUT2D eigenvalue weighted by Gasteiger charge is -2.15. The van der Waals surface area contributed by atoms with Gasteiger partial charge in [-0.3, -0.25) is 0 Å². The predicted octanol–water partition coefficient (Wildman–Crippen LogP) is 4.79. The van der Waals surface area contributed by atoms with E-state index in [1.165, 1.54) is 30.5 Å². The number of nitrogens with zero attached hydrogens (tertiary/aromatic N) is 4. The minimum absolute atomic E-state index is 0.0407. The van der Waals surface area contributed by atoms with E-state index in [4.69, 9.17) is 0 Å². The molecule has 1 N–H and O–H groups in total.